The van der Waals surface area contributed by atoms with E-state index in [1.807, 2.05) is 50.2 Å². The van der Waals surface area contributed by atoms with E-state index in [2.05, 4.69) is 10.6 Å². The lowest BCUT2D eigenvalue weighted by Gasteiger charge is -2.31. The minimum absolute atomic E-state index is 0.0918. The Bertz CT molecular complexity index is 815. The quantitative estimate of drug-likeness (QED) is 0.660. The first-order valence-corrected chi connectivity index (χ1v) is 10.2. The van der Waals surface area contributed by atoms with Crippen LogP contribution < -0.4 is 15.5 Å². The number of carbonyl (C=O) groups excluding carboxylic acids is 2. The monoisotopic (exact) mass is 396 g/mol. The Morgan fingerprint density at radius 2 is 1.66 bits per heavy atom. The number of hydrogen-bond acceptors (Lipinski definition) is 3. The molecule has 1 saturated heterocycles. The van der Waals surface area contributed by atoms with Gasteiger partial charge in [-0.3, -0.25) is 9.59 Å². The van der Waals surface area contributed by atoms with Crippen LogP contribution in [0, 0.1) is 0 Å². The van der Waals surface area contributed by atoms with Crippen LogP contribution in [0.4, 0.5) is 5.69 Å². The van der Waals surface area contributed by atoms with Gasteiger partial charge >= 0.3 is 0 Å². The molecular formula is C23H30N3O3+. The van der Waals surface area contributed by atoms with Crippen molar-refractivity contribution in [1.29, 1.82) is 0 Å². The first kappa shape index (κ1) is 21.0. The molecule has 2 aromatic carbocycles. The lowest BCUT2D eigenvalue weighted by molar-refractivity contribution is -0.907. The van der Waals surface area contributed by atoms with Gasteiger partial charge in [-0.15, -0.1) is 0 Å². The molecule has 1 aliphatic rings. The maximum Gasteiger partial charge on any atom is 0.279 e. The van der Waals surface area contributed by atoms with Crippen LogP contribution in [-0.4, -0.2) is 50.2 Å². The van der Waals surface area contributed by atoms with E-state index in [1.165, 1.54) is 10.5 Å². The van der Waals surface area contributed by atoms with E-state index in [1.54, 1.807) is 18.2 Å². The van der Waals surface area contributed by atoms with Crippen molar-refractivity contribution < 1.29 is 19.2 Å². The fourth-order valence-electron chi connectivity index (χ4n) is 3.81. The highest BCUT2D eigenvalue weighted by Crippen LogP contribution is 2.14. The van der Waals surface area contributed by atoms with Gasteiger partial charge in [-0.25, -0.2) is 0 Å². The van der Waals surface area contributed by atoms with Gasteiger partial charge in [-0.1, -0.05) is 42.5 Å². The first-order chi connectivity index (χ1) is 14.0. The lowest BCUT2D eigenvalue weighted by Crippen LogP contribution is -3.16. The number of anilines is 1. The van der Waals surface area contributed by atoms with Crippen molar-refractivity contribution in [3.8, 4) is 0 Å². The second-order valence-corrected chi connectivity index (χ2v) is 7.68. The predicted molar refractivity (Wildman–Crippen MR) is 113 cm³/mol. The molecule has 6 nitrogen and oxygen atoms in total. The van der Waals surface area contributed by atoms with E-state index in [0.717, 1.165) is 19.5 Å². The standard InChI is InChI=1S/C23H29N3O3/c1-17-14-26(15-18(2)29-17)16-22(27)25-21-11-7-6-10-20(21)23(28)24-13-12-19-8-4-3-5-9-19/h3-11,17-18H,12-16H2,1-2H3,(H,24,28)(H,25,27)/p+1/t17-,18+. The second kappa shape index (κ2) is 10.2. The molecule has 1 aliphatic heterocycles. The number of hydrogen-bond donors (Lipinski definition) is 3. The maximum absolute atomic E-state index is 12.6. The van der Waals surface area contributed by atoms with Crippen LogP contribution in [-0.2, 0) is 16.0 Å². The van der Waals surface area contributed by atoms with Crippen molar-refractivity contribution in [2.45, 2.75) is 32.5 Å². The molecule has 6 heteroatoms. The molecule has 1 heterocycles. The van der Waals surface area contributed by atoms with E-state index < -0.39 is 0 Å². The Morgan fingerprint density at radius 1 is 1.00 bits per heavy atom. The number of para-hydroxylation sites is 1. The van der Waals surface area contributed by atoms with Gasteiger partial charge in [0, 0.05) is 6.54 Å². The Kier molecular flexibility index (Phi) is 7.38. The topological polar surface area (TPSA) is 71.9 Å². The maximum atomic E-state index is 12.6. The van der Waals surface area contributed by atoms with Gasteiger partial charge in [0.05, 0.1) is 11.3 Å². The predicted octanol–water partition coefficient (Wildman–Crippen LogP) is 1.29. The fraction of sp³-hybridized carbons (Fsp3) is 0.391. The van der Waals surface area contributed by atoms with Crippen molar-refractivity contribution in [2.24, 2.45) is 0 Å². The molecule has 0 bridgehead atoms. The summed E-state index contributed by atoms with van der Waals surface area (Å²) in [7, 11) is 0. The summed E-state index contributed by atoms with van der Waals surface area (Å²) < 4.78 is 5.73. The largest absolute Gasteiger partial charge is 0.364 e. The van der Waals surface area contributed by atoms with Gasteiger partial charge < -0.3 is 20.3 Å². The number of benzene rings is 2. The third-order valence-corrected chi connectivity index (χ3v) is 5.02. The van der Waals surface area contributed by atoms with Gasteiger partial charge in [0.25, 0.3) is 11.8 Å². The zero-order valence-electron chi connectivity index (χ0n) is 17.1. The Morgan fingerprint density at radius 3 is 2.38 bits per heavy atom. The average Bonchev–Trinajstić information content (AvgIpc) is 2.68. The van der Waals surface area contributed by atoms with Gasteiger partial charge in [0.15, 0.2) is 6.54 Å². The molecular weight excluding hydrogens is 366 g/mol. The smallest absolute Gasteiger partial charge is 0.279 e. The fourth-order valence-corrected chi connectivity index (χ4v) is 3.81. The normalized spacial score (nSPS) is 21.4. The van der Waals surface area contributed by atoms with Gasteiger partial charge in [0.1, 0.15) is 25.3 Å². The molecule has 3 atom stereocenters. The number of amides is 2. The summed E-state index contributed by atoms with van der Waals surface area (Å²) in [5.41, 5.74) is 2.20. The number of carbonyl (C=O) groups is 2. The number of nitrogens with one attached hydrogen (secondary N) is 3. The Balaban J connectivity index is 1.55. The molecule has 1 fully saturated rings. The second-order valence-electron chi connectivity index (χ2n) is 7.68. The summed E-state index contributed by atoms with van der Waals surface area (Å²) in [6.07, 6.45) is 1.05. The van der Waals surface area contributed by atoms with Crippen molar-refractivity contribution >= 4 is 17.5 Å². The Labute approximate surface area is 172 Å². The Hall–Kier alpha value is -2.70. The van der Waals surface area contributed by atoms with E-state index in [4.69, 9.17) is 4.74 Å². The summed E-state index contributed by atoms with van der Waals surface area (Å²) in [5.74, 6) is -0.274. The van der Waals surface area contributed by atoms with Crippen LogP contribution in [0.1, 0.15) is 29.8 Å². The van der Waals surface area contributed by atoms with Crippen LogP contribution >= 0.6 is 0 Å². The van der Waals surface area contributed by atoms with E-state index in [0.29, 0.717) is 24.3 Å². The number of quaternary nitrogens is 1. The highest BCUT2D eigenvalue weighted by Gasteiger charge is 2.27. The van der Waals surface area contributed by atoms with Crippen LogP contribution in [0.3, 0.4) is 0 Å². The SMILES string of the molecule is C[C@@H]1C[NH+](CC(=O)Nc2ccccc2C(=O)NCCc2ccccc2)C[C@H](C)O1. The summed E-state index contributed by atoms with van der Waals surface area (Å²) >= 11 is 0. The zero-order valence-corrected chi connectivity index (χ0v) is 17.1. The molecule has 2 aromatic rings. The third kappa shape index (κ3) is 6.41. The minimum atomic E-state index is -0.183. The average molecular weight is 397 g/mol. The summed E-state index contributed by atoms with van der Waals surface area (Å²) in [6.45, 7) is 6.57. The van der Waals surface area contributed by atoms with E-state index in [-0.39, 0.29) is 24.0 Å². The lowest BCUT2D eigenvalue weighted by atomic mass is 10.1. The summed E-state index contributed by atoms with van der Waals surface area (Å²) in [6, 6.07) is 17.1. The van der Waals surface area contributed by atoms with E-state index >= 15 is 0 Å². The minimum Gasteiger partial charge on any atom is -0.364 e. The molecule has 0 aromatic heterocycles. The molecule has 29 heavy (non-hydrogen) atoms. The molecule has 3 rings (SSSR count). The molecule has 1 unspecified atom stereocenters. The van der Waals surface area contributed by atoms with Crippen LogP contribution in [0.5, 0.6) is 0 Å². The third-order valence-electron chi connectivity index (χ3n) is 5.02. The van der Waals surface area contributed by atoms with E-state index in [9.17, 15) is 9.59 Å². The van der Waals surface area contributed by atoms with Gasteiger partial charge in [-0.05, 0) is 38.0 Å². The zero-order chi connectivity index (χ0) is 20.6. The highest BCUT2D eigenvalue weighted by atomic mass is 16.5. The molecule has 2 amide bonds. The van der Waals surface area contributed by atoms with Crippen LogP contribution in [0.25, 0.3) is 0 Å². The number of morpholine rings is 1. The highest BCUT2D eigenvalue weighted by molar-refractivity contribution is 6.03. The molecule has 154 valence electrons. The van der Waals surface area contributed by atoms with Crippen molar-refractivity contribution in [1.82, 2.24) is 5.32 Å². The molecule has 0 radical (unpaired) electrons. The van der Waals surface area contributed by atoms with Gasteiger partial charge in [0.2, 0.25) is 0 Å². The first-order valence-electron chi connectivity index (χ1n) is 10.2. The molecule has 0 saturated carbocycles. The van der Waals surface area contributed by atoms with Crippen molar-refractivity contribution in [2.75, 3.05) is 31.5 Å². The molecule has 0 spiro atoms. The number of ether oxygens (including phenoxy) is 1. The summed E-state index contributed by atoms with van der Waals surface area (Å²) in [4.78, 5) is 26.4. The number of rotatable bonds is 7. The van der Waals surface area contributed by atoms with Crippen LogP contribution in [0.2, 0.25) is 0 Å². The van der Waals surface area contributed by atoms with Crippen molar-refractivity contribution in [3.05, 3.63) is 65.7 Å². The molecule has 3 N–H and O–H groups in total. The van der Waals surface area contributed by atoms with Crippen molar-refractivity contribution in [3.63, 3.8) is 0 Å². The summed E-state index contributed by atoms with van der Waals surface area (Å²) in [5, 5.41) is 5.86. The van der Waals surface area contributed by atoms with Gasteiger partial charge in [-0.2, -0.15) is 0 Å². The van der Waals surface area contributed by atoms with Crippen LogP contribution in [0.15, 0.2) is 54.6 Å². The molecule has 0 aliphatic carbocycles.